The van der Waals surface area contributed by atoms with E-state index in [-0.39, 0.29) is 5.91 Å². The van der Waals surface area contributed by atoms with Gasteiger partial charge in [0.25, 0.3) is 0 Å². The van der Waals surface area contributed by atoms with Crippen LogP contribution in [-0.4, -0.2) is 5.91 Å². The summed E-state index contributed by atoms with van der Waals surface area (Å²) in [4.78, 5) is 11.7. The fraction of sp³-hybridized carbons (Fsp3) is 0.500. The van der Waals surface area contributed by atoms with Gasteiger partial charge in [0.2, 0.25) is 5.91 Å². The van der Waals surface area contributed by atoms with Crippen molar-refractivity contribution in [1.29, 1.82) is 0 Å². The molecular weight excluding hydrogens is 278 g/mol. The summed E-state index contributed by atoms with van der Waals surface area (Å²) in [6.45, 7) is 4.47. The van der Waals surface area contributed by atoms with Crippen molar-refractivity contribution >= 4 is 27.5 Å². The number of alkyl halides is 1. The average molecular weight is 296 g/mol. The lowest BCUT2D eigenvalue weighted by Gasteiger charge is -2.18. The molecule has 0 aromatic heterocycles. The number of hydrogen-bond acceptors (Lipinski definition) is 1. The lowest BCUT2D eigenvalue weighted by atomic mass is 9.95. The molecule has 2 atom stereocenters. The number of amides is 1. The fourth-order valence-corrected chi connectivity index (χ4v) is 2.90. The number of hydrogen-bond donors (Lipinski definition) is 1. The third-order valence-corrected chi connectivity index (χ3v) is 4.75. The molecule has 92 valence electrons. The van der Waals surface area contributed by atoms with Crippen LogP contribution in [0.1, 0.15) is 42.6 Å². The van der Waals surface area contributed by atoms with E-state index in [2.05, 4.69) is 47.2 Å². The third kappa shape index (κ3) is 2.71. The van der Waals surface area contributed by atoms with Crippen LogP contribution in [0.3, 0.4) is 0 Å². The van der Waals surface area contributed by atoms with Gasteiger partial charge in [0.05, 0.1) is 6.42 Å². The molecule has 1 N–H and O–H groups in total. The molecule has 1 aromatic rings. The second kappa shape index (κ2) is 5.21. The number of carbonyl (C=O) groups is 1. The van der Waals surface area contributed by atoms with Gasteiger partial charge >= 0.3 is 0 Å². The highest BCUT2D eigenvalue weighted by Gasteiger charge is 2.21. The minimum atomic E-state index is 0.102. The van der Waals surface area contributed by atoms with Crippen LogP contribution in [0.15, 0.2) is 18.2 Å². The van der Waals surface area contributed by atoms with E-state index < -0.39 is 0 Å². The normalized spacial score (nSPS) is 17.5. The van der Waals surface area contributed by atoms with E-state index >= 15 is 0 Å². The summed E-state index contributed by atoms with van der Waals surface area (Å²) in [5.41, 5.74) is 3.38. The molecule has 0 saturated carbocycles. The monoisotopic (exact) mass is 295 g/mol. The Morgan fingerprint density at radius 3 is 2.94 bits per heavy atom. The van der Waals surface area contributed by atoms with E-state index in [9.17, 15) is 4.79 Å². The summed E-state index contributed by atoms with van der Waals surface area (Å²) in [5, 5.41) is 2.86. The maximum Gasteiger partial charge on any atom is 0.228 e. The van der Waals surface area contributed by atoms with Gasteiger partial charge in [-0.05, 0) is 29.5 Å². The minimum absolute atomic E-state index is 0.102. The van der Waals surface area contributed by atoms with Gasteiger partial charge in [0.1, 0.15) is 0 Å². The quantitative estimate of drug-likeness (QED) is 0.834. The van der Waals surface area contributed by atoms with Gasteiger partial charge in [0, 0.05) is 10.5 Å². The first-order valence-corrected chi connectivity index (χ1v) is 7.10. The summed E-state index contributed by atoms with van der Waals surface area (Å²) in [5.74, 6) is 0.716. The molecule has 1 heterocycles. The molecule has 0 spiro atoms. The van der Waals surface area contributed by atoms with E-state index in [1.165, 1.54) is 18.4 Å². The van der Waals surface area contributed by atoms with Crippen LogP contribution < -0.4 is 5.32 Å². The predicted octanol–water partition coefficient (Wildman–Crippen LogP) is 4.05. The fourth-order valence-electron chi connectivity index (χ4n) is 2.35. The van der Waals surface area contributed by atoms with E-state index in [0.29, 0.717) is 17.2 Å². The summed E-state index contributed by atoms with van der Waals surface area (Å²) in [6, 6.07) is 6.28. The van der Waals surface area contributed by atoms with Crippen LogP contribution in [0.5, 0.6) is 0 Å². The number of rotatable bonds is 4. The lowest BCUT2D eigenvalue weighted by Crippen LogP contribution is -2.03. The lowest BCUT2D eigenvalue weighted by molar-refractivity contribution is -0.115. The Morgan fingerprint density at radius 1 is 1.47 bits per heavy atom. The van der Waals surface area contributed by atoms with Crippen molar-refractivity contribution in [1.82, 2.24) is 0 Å². The first-order chi connectivity index (χ1) is 8.11. The molecule has 2 rings (SSSR count). The van der Waals surface area contributed by atoms with Gasteiger partial charge in [-0.2, -0.15) is 0 Å². The molecule has 0 bridgehead atoms. The van der Waals surface area contributed by atoms with Crippen molar-refractivity contribution in [3.8, 4) is 0 Å². The molecule has 0 radical (unpaired) electrons. The van der Waals surface area contributed by atoms with Crippen molar-refractivity contribution < 1.29 is 4.79 Å². The van der Waals surface area contributed by atoms with Crippen molar-refractivity contribution in [3.63, 3.8) is 0 Å². The second-order valence-electron chi connectivity index (χ2n) is 4.81. The van der Waals surface area contributed by atoms with Gasteiger partial charge in [0.15, 0.2) is 0 Å². The minimum Gasteiger partial charge on any atom is -0.326 e. The molecule has 0 fully saturated rings. The molecule has 1 amide bonds. The maximum absolute atomic E-state index is 11.3. The Kier molecular flexibility index (Phi) is 3.87. The molecule has 17 heavy (non-hydrogen) atoms. The number of carbonyl (C=O) groups excluding carboxylic acids is 1. The van der Waals surface area contributed by atoms with Gasteiger partial charge in [-0.1, -0.05) is 48.3 Å². The molecule has 1 aliphatic rings. The zero-order valence-corrected chi connectivity index (χ0v) is 11.9. The summed E-state index contributed by atoms with van der Waals surface area (Å²) in [7, 11) is 0. The molecule has 0 saturated heterocycles. The Labute approximate surface area is 111 Å². The molecule has 1 aliphatic heterocycles. The van der Waals surface area contributed by atoms with Gasteiger partial charge < -0.3 is 5.32 Å². The van der Waals surface area contributed by atoms with Crippen LogP contribution in [0.4, 0.5) is 5.69 Å². The number of nitrogens with one attached hydrogen (secondary N) is 1. The average Bonchev–Trinajstić information content (AvgIpc) is 2.67. The highest BCUT2D eigenvalue weighted by atomic mass is 79.9. The van der Waals surface area contributed by atoms with E-state index in [4.69, 9.17) is 0 Å². The summed E-state index contributed by atoms with van der Waals surface area (Å²) < 4.78 is 0. The van der Waals surface area contributed by atoms with Crippen LogP contribution in [0, 0.1) is 5.92 Å². The predicted molar refractivity (Wildman–Crippen MR) is 74.5 cm³/mol. The SMILES string of the molecule is CCCC(C)C(Br)c1ccc2c(c1)CC(=O)N2. The number of fused-ring (bicyclic) bond motifs is 1. The molecule has 2 nitrogen and oxygen atoms in total. The van der Waals surface area contributed by atoms with Crippen LogP contribution in [0.2, 0.25) is 0 Å². The van der Waals surface area contributed by atoms with Crippen molar-refractivity contribution in [2.45, 2.75) is 37.9 Å². The van der Waals surface area contributed by atoms with Crippen molar-refractivity contribution in [3.05, 3.63) is 29.3 Å². The van der Waals surface area contributed by atoms with Crippen LogP contribution in [0.25, 0.3) is 0 Å². The summed E-state index contributed by atoms with van der Waals surface area (Å²) in [6.07, 6.45) is 2.93. The Hall–Kier alpha value is -0.830. The molecule has 2 unspecified atom stereocenters. The number of anilines is 1. The zero-order valence-electron chi connectivity index (χ0n) is 10.3. The van der Waals surface area contributed by atoms with Crippen LogP contribution in [-0.2, 0) is 11.2 Å². The van der Waals surface area contributed by atoms with E-state index in [0.717, 1.165) is 11.3 Å². The largest absolute Gasteiger partial charge is 0.326 e. The van der Waals surface area contributed by atoms with Gasteiger partial charge in [-0.15, -0.1) is 0 Å². The second-order valence-corrected chi connectivity index (χ2v) is 5.80. The standard InChI is InChI=1S/C14H18BrNO/c1-3-4-9(2)14(15)10-5-6-12-11(7-10)8-13(17)16-12/h5-7,9,14H,3-4,8H2,1-2H3,(H,16,17). The summed E-state index contributed by atoms with van der Waals surface area (Å²) >= 11 is 3.77. The highest BCUT2D eigenvalue weighted by molar-refractivity contribution is 9.09. The third-order valence-electron chi connectivity index (χ3n) is 3.32. The highest BCUT2D eigenvalue weighted by Crippen LogP contribution is 2.36. The maximum atomic E-state index is 11.3. The topological polar surface area (TPSA) is 29.1 Å². The Bertz CT molecular complexity index is 430. The Balaban J connectivity index is 2.18. The number of benzene rings is 1. The molecule has 1 aromatic carbocycles. The molecule has 0 aliphatic carbocycles. The number of halogens is 1. The van der Waals surface area contributed by atoms with E-state index in [1.54, 1.807) is 0 Å². The zero-order chi connectivity index (χ0) is 12.4. The van der Waals surface area contributed by atoms with Gasteiger partial charge in [-0.25, -0.2) is 0 Å². The van der Waals surface area contributed by atoms with Gasteiger partial charge in [-0.3, -0.25) is 4.79 Å². The molecular formula is C14H18BrNO. The smallest absolute Gasteiger partial charge is 0.228 e. The first kappa shape index (κ1) is 12.6. The van der Waals surface area contributed by atoms with Crippen LogP contribution >= 0.6 is 15.9 Å². The molecule has 3 heteroatoms. The Morgan fingerprint density at radius 2 is 2.24 bits per heavy atom. The van der Waals surface area contributed by atoms with E-state index in [1.807, 2.05) is 6.07 Å². The van der Waals surface area contributed by atoms with Crippen molar-refractivity contribution in [2.75, 3.05) is 5.32 Å². The first-order valence-electron chi connectivity index (χ1n) is 6.18. The van der Waals surface area contributed by atoms with Crippen molar-refractivity contribution in [2.24, 2.45) is 5.92 Å².